The second-order valence-electron chi connectivity index (χ2n) is 9.57. The molecule has 2 aliphatic rings. The van der Waals surface area contributed by atoms with Crippen LogP contribution in [0.5, 0.6) is 0 Å². The Balaban J connectivity index is 1.33. The third kappa shape index (κ3) is 5.97. The van der Waals surface area contributed by atoms with Crippen LogP contribution in [0.15, 0.2) is 35.4 Å². The summed E-state index contributed by atoms with van der Waals surface area (Å²) in [6, 6.07) is 7.78. The smallest absolute Gasteiger partial charge is 0.243 e. The van der Waals surface area contributed by atoms with Gasteiger partial charge in [-0.1, -0.05) is 19.3 Å². The van der Waals surface area contributed by atoms with E-state index >= 15 is 0 Å². The molecule has 0 aliphatic carbocycles. The van der Waals surface area contributed by atoms with Crippen molar-refractivity contribution in [3.63, 3.8) is 0 Å². The second kappa shape index (κ2) is 11.0. The summed E-state index contributed by atoms with van der Waals surface area (Å²) in [5.41, 5.74) is 0.877. The molecule has 1 atom stereocenters. The molecule has 2 saturated heterocycles. The number of likely N-dealkylation sites (tertiary alicyclic amines) is 1. The van der Waals surface area contributed by atoms with E-state index in [0.717, 1.165) is 49.6 Å². The number of sulfonamides is 1. The molecule has 33 heavy (non-hydrogen) atoms. The van der Waals surface area contributed by atoms with Crippen molar-refractivity contribution in [3.05, 3.63) is 30.5 Å². The van der Waals surface area contributed by atoms with Crippen molar-refractivity contribution in [1.82, 2.24) is 19.1 Å². The van der Waals surface area contributed by atoms with Gasteiger partial charge in [-0.2, -0.15) is 4.31 Å². The molecule has 0 bridgehead atoms. The number of carbonyl (C=O) groups excluding carboxylic acids is 1. The molecule has 0 unspecified atom stereocenters. The maximum Gasteiger partial charge on any atom is 0.243 e. The third-order valence-electron chi connectivity index (χ3n) is 7.14. The molecule has 2 fully saturated rings. The largest absolute Gasteiger partial charge is 0.355 e. The highest BCUT2D eigenvalue weighted by atomic mass is 32.2. The maximum atomic E-state index is 13.1. The zero-order chi connectivity index (χ0) is 23.3. The molecule has 0 spiro atoms. The minimum Gasteiger partial charge on any atom is -0.355 e. The van der Waals surface area contributed by atoms with E-state index < -0.39 is 10.0 Å². The Morgan fingerprint density at radius 3 is 2.55 bits per heavy atom. The molecule has 1 aromatic heterocycles. The van der Waals surface area contributed by atoms with Gasteiger partial charge in [-0.25, -0.2) is 8.42 Å². The average Bonchev–Trinajstić information content (AvgIpc) is 3.00. The highest BCUT2D eigenvalue weighted by Gasteiger charge is 2.25. The van der Waals surface area contributed by atoms with Gasteiger partial charge < -0.3 is 14.8 Å². The standard InChI is InChI=1S/C25H38N4O3S/c1-21-9-4-7-14-27(21)15-8-13-26-25(30)20-28-18-12-22-19-23(10-11-24(22)28)33(31,32)29-16-5-2-3-6-17-29/h10-12,18-19,21H,2-9,13-17,20H2,1H3,(H,26,30)/t21-/m0/s1. The quantitative estimate of drug-likeness (QED) is 0.594. The van der Waals surface area contributed by atoms with E-state index in [4.69, 9.17) is 0 Å². The first-order chi connectivity index (χ1) is 15.9. The van der Waals surface area contributed by atoms with Crippen molar-refractivity contribution in [1.29, 1.82) is 0 Å². The summed E-state index contributed by atoms with van der Waals surface area (Å²) >= 11 is 0. The van der Waals surface area contributed by atoms with Crippen LogP contribution in [0.2, 0.25) is 0 Å². The van der Waals surface area contributed by atoms with E-state index in [1.54, 1.807) is 16.4 Å². The number of nitrogens with one attached hydrogen (secondary N) is 1. The Hall–Kier alpha value is -1.90. The van der Waals surface area contributed by atoms with Gasteiger partial charge in [0.2, 0.25) is 15.9 Å². The van der Waals surface area contributed by atoms with E-state index in [9.17, 15) is 13.2 Å². The summed E-state index contributed by atoms with van der Waals surface area (Å²) in [6.45, 7) is 6.60. The molecule has 0 saturated carbocycles. The number of piperidine rings is 1. The molecule has 1 amide bonds. The maximum absolute atomic E-state index is 13.1. The number of carbonyl (C=O) groups is 1. The number of amides is 1. The van der Waals surface area contributed by atoms with Crippen molar-refractivity contribution in [2.75, 3.05) is 32.7 Å². The number of hydrogen-bond donors (Lipinski definition) is 1. The predicted molar refractivity (Wildman–Crippen MR) is 132 cm³/mol. The predicted octanol–water partition coefficient (Wildman–Crippen LogP) is 3.59. The molecule has 1 N–H and O–H groups in total. The molecule has 3 heterocycles. The van der Waals surface area contributed by atoms with Crippen molar-refractivity contribution < 1.29 is 13.2 Å². The van der Waals surface area contributed by atoms with Crippen molar-refractivity contribution >= 4 is 26.8 Å². The Morgan fingerprint density at radius 1 is 1.03 bits per heavy atom. The van der Waals surface area contributed by atoms with Crippen LogP contribution in [0, 0.1) is 0 Å². The average molecular weight is 475 g/mol. The van der Waals surface area contributed by atoms with Gasteiger partial charge in [-0.05, 0) is 69.8 Å². The third-order valence-corrected chi connectivity index (χ3v) is 9.04. The van der Waals surface area contributed by atoms with Crippen LogP contribution < -0.4 is 5.32 Å². The lowest BCUT2D eigenvalue weighted by Crippen LogP contribution is -2.39. The fourth-order valence-electron chi connectivity index (χ4n) is 5.12. The van der Waals surface area contributed by atoms with E-state index in [0.29, 0.717) is 30.6 Å². The first-order valence-electron chi connectivity index (χ1n) is 12.5. The monoisotopic (exact) mass is 474 g/mol. The SMILES string of the molecule is C[C@H]1CCCCN1CCCNC(=O)Cn1ccc2cc(S(=O)(=O)N3CCCCCC3)ccc21. The molecule has 0 radical (unpaired) electrons. The van der Waals surface area contributed by atoms with Crippen molar-refractivity contribution in [2.24, 2.45) is 0 Å². The van der Waals surface area contributed by atoms with E-state index in [1.165, 1.54) is 25.8 Å². The first kappa shape index (κ1) is 24.2. The van der Waals surface area contributed by atoms with Crippen molar-refractivity contribution in [2.45, 2.75) is 75.8 Å². The van der Waals surface area contributed by atoms with Crippen LogP contribution in [0.3, 0.4) is 0 Å². The summed E-state index contributed by atoms with van der Waals surface area (Å²) in [4.78, 5) is 15.3. The fraction of sp³-hybridized carbons (Fsp3) is 0.640. The number of nitrogens with zero attached hydrogens (tertiary/aromatic N) is 3. The molecule has 7 nitrogen and oxygen atoms in total. The lowest BCUT2D eigenvalue weighted by molar-refractivity contribution is -0.121. The lowest BCUT2D eigenvalue weighted by atomic mass is 10.0. The van der Waals surface area contributed by atoms with Crippen LogP contribution >= 0.6 is 0 Å². The summed E-state index contributed by atoms with van der Waals surface area (Å²) in [6.07, 6.45) is 10.7. The van der Waals surface area contributed by atoms with Crippen LogP contribution in [-0.4, -0.2) is 66.9 Å². The topological polar surface area (TPSA) is 74.6 Å². The molecular formula is C25H38N4O3S. The normalized spacial score (nSPS) is 21.2. The van der Waals surface area contributed by atoms with Crippen LogP contribution in [0.4, 0.5) is 0 Å². The zero-order valence-corrected chi connectivity index (χ0v) is 20.7. The second-order valence-corrected chi connectivity index (χ2v) is 11.5. The minimum absolute atomic E-state index is 0.0135. The summed E-state index contributed by atoms with van der Waals surface area (Å²) < 4.78 is 29.7. The van der Waals surface area contributed by atoms with Gasteiger partial charge in [0.05, 0.1) is 4.90 Å². The van der Waals surface area contributed by atoms with Crippen LogP contribution in [0.1, 0.15) is 58.3 Å². The molecular weight excluding hydrogens is 436 g/mol. The minimum atomic E-state index is -3.48. The Morgan fingerprint density at radius 2 is 1.79 bits per heavy atom. The number of benzene rings is 1. The van der Waals surface area contributed by atoms with Gasteiger partial charge in [0, 0.05) is 49.3 Å². The number of fused-ring (bicyclic) bond motifs is 1. The summed E-state index contributed by atoms with van der Waals surface area (Å²) in [7, 11) is -3.48. The number of aromatic nitrogens is 1. The van der Waals surface area contributed by atoms with Gasteiger partial charge >= 0.3 is 0 Å². The molecule has 2 aromatic rings. The fourth-order valence-corrected chi connectivity index (χ4v) is 6.67. The first-order valence-corrected chi connectivity index (χ1v) is 14.0. The van der Waals surface area contributed by atoms with Gasteiger partial charge in [0.15, 0.2) is 0 Å². The van der Waals surface area contributed by atoms with E-state index in [1.807, 2.05) is 22.9 Å². The van der Waals surface area contributed by atoms with Gasteiger partial charge in [-0.15, -0.1) is 0 Å². The lowest BCUT2D eigenvalue weighted by Gasteiger charge is -2.33. The van der Waals surface area contributed by atoms with Gasteiger partial charge in [0.25, 0.3) is 0 Å². The van der Waals surface area contributed by atoms with E-state index in [2.05, 4.69) is 17.1 Å². The summed E-state index contributed by atoms with van der Waals surface area (Å²) in [5, 5.41) is 3.88. The Bertz CT molecular complexity index is 1040. The summed E-state index contributed by atoms with van der Waals surface area (Å²) in [5.74, 6) is -0.0135. The zero-order valence-electron chi connectivity index (χ0n) is 19.8. The van der Waals surface area contributed by atoms with Crippen LogP contribution in [-0.2, 0) is 21.4 Å². The molecule has 2 aliphatic heterocycles. The molecule has 182 valence electrons. The number of hydrogen-bond acceptors (Lipinski definition) is 4. The highest BCUT2D eigenvalue weighted by molar-refractivity contribution is 7.89. The van der Waals surface area contributed by atoms with Gasteiger partial charge in [0.1, 0.15) is 6.54 Å². The van der Waals surface area contributed by atoms with Gasteiger partial charge in [-0.3, -0.25) is 4.79 Å². The molecule has 1 aromatic carbocycles. The van der Waals surface area contributed by atoms with E-state index in [-0.39, 0.29) is 12.5 Å². The number of rotatable bonds is 8. The van der Waals surface area contributed by atoms with Crippen molar-refractivity contribution in [3.8, 4) is 0 Å². The molecule has 4 rings (SSSR count). The Labute approximate surface area is 198 Å². The van der Waals surface area contributed by atoms with Crippen LogP contribution in [0.25, 0.3) is 10.9 Å². The highest BCUT2D eigenvalue weighted by Crippen LogP contribution is 2.25. The molecule has 8 heteroatoms. The Kier molecular flexibility index (Phi) is 8.09.